The zero-order chi connectivity index (χ0) is 20.3. The highest BCUT2D eigenvalue weighted by Crippen LogP contribution is 2.47. The van der Waals surface area contributed by atoms with E-state index in [0.717, 1.165) is 16.7 Å². The van der Waals surface area contributed by atoms with Gasteiger partial charge in [0, 0.05) is 11.1 Å². The maximum absolute atomic E-state index is 10.9. The first-order chi connectivity index (χ1) is 12.7. The molecule has 1 N–H and O–H groups in total. The van der Waals surface area contributed by atoms with Crippen LogP contribution in [0.5, 0.6) is 23.0 Å². The van der Waals surface area contributed by atoms with Gasteiger partial charge in [0.2, 0.25) is 0 Å². The molecule has 0 heterocycles. The van der Waals surface area contributed by atoms with Gasteiger partial charge in [-0.1, -0.05) is 27.7 Å². The van der Waals surface area contributed by atoms with E-state index in [4.69, 9.17) is 14.2 Å². The largest absolute Gasteiger partial charge is 0.504 e. The summed E-state index contributed by atoms with van der Waals surface area (Å²) < 4.78 is 17.2. The van der Waals surface area contributed by atoms with E-state index in [1.54, 1.807) is 14.2 Å². The number of hydrogen-bond acceptors (Lipinski definition) is 4. The second-order valence-electron chi connectivity index (χ2n) is 7.70. The average molecular weight is 373 g/mol. The minimum Gasteiger partial charge on any atom is -0.504 e. The summed E-state index contributed by atoms with van der Waals surface area (Å²) in [6.07, 6.45) is -0.0279. The number of aromatic hydroxyl groups is 1. The van der Waals surface area contributed by atoms with Crippen LogP contribution in [0.15, 0.2) is 24.3 Å². The van der Waals surface area contributed by atoms with Crippen LogP contribution in [0.25, 0.3) is 11.1 Å². The third kappa shape index (κ3) is 4.49. The summed E-state index contributed by atoms with van der Waals surface area (Å²) >= 11 is 0. The van der Waals surface area contributed by atoms with Crippen molar-refractivity contribution in [2.45, 2.75) is 59.5 Å². The normalized spacial score (nSPS) is 11.4. The van der Waals surface area contributed by atoms with Crippen molar-refractivity contribution in [3.8, 4) is 34.1 Å². The molecule has 0 saturated heterocycles. The van der Waals surface area contributed by atoms with Crippen LogP contribution >= 0.6 is 0 Å². The van der Waals surface area contributed by atoms with Gasteiger partial charge in [-0.05, 0) is 61.1 Å². The van der Waals surface area contributed by atoms with Crippen molar-refractivity contribution in [1.82, 2.24) is 0 Å². The second kappa shape index (κ2) is 8.55. The standard InChI is InChI=1S/C23H32O4/c1-13(2)16-9-18(22(24)20(11-16)25-7)19-10-17(14(3)4)12-21(26-8)23(19)27-15(5)6/h9-15,24H,1-8H3. The lowest BCUT2D eigenvalue weighted by Crippen LogP contribution is -2.09. The van der Waals surface area contributed by atoms with Crippen LogP contribution in [0.2, 0.25) is 0 Å². The summed E-state index contributed by atoms with van der Waals surface area (Å²) in [5, 5.41) is 10.9. The molecule has 0 bridgehead atoms. The Morgan fingerprint density at radius 1 is 0.704 bits per heavy atom. The number of methoxy groups -OCH3 is 2. The van der Waals surface area contributed by atoms with Crippen molar-refractivity contribution in [3.05, 3.63) is 35.4 Å². The fourth-order valence-corrected chi connectivity index (χ4v) is 2.99. The maximum atomic E-state index is 10.9. The first-order valence-electron chi connectivity index (χ1n) is 9.49. The third-order valence-electron chi connectivity index (χ3n) is 4.59. The molecule has 2 rings (SSSR count). The van der Waals surface area contributed by atoms with E-state index in [2.05, 4.69) is 33.8 Å². The molecule has 27 heavy (non-hydrogen) atoms. The molecule has 0 unspecified atom stereocenters. The molecular formula is C23H32O4. The van der Waals surface area contributed by atoms with E-state index in [1.807, 2.05) is 32.0 Å². The number of hydrogen-bond donors (Lipinski definition) is 1. The van der Waals surface area contributed by atoms with Crippen LogP contribution in [0.3, 0.4) is 0 Å². The van der Waals surface area contributed by atoms with E-state index in [-0.39, 0.29) is 11.9 Å². The molecule has 2 aromatic rings. The van der Waals surface area contributed by atoms with E-state index in [9.17, 15) is 5.11 Å². The van der Waals surface area contributed by atoms with Gasteiger partial charge in [0.15, 0.2) is 23.0 Å². The molecule has 0 atom stereocenters. The predicted molar refractivity (Wildman–Crippen MR) is 111 cm³/mol. The molecule has 0 aliphatic rings. The fourth-order valence-electron chi connectivity index (χ4n) is 2.99. The molecule has 0 saturated carbocycles. The lowest BCUT2D eigenvalue weighted by Gasteiger charge is -2.22. The Hall–Kier alpha value is -2.36. The Morgan fingerprint density at radius 2 is 1.19 bits per heavy atom. The van der Waals surface area contributed by atoms with Crippen LogP contribution in [0.1, 0.15) is 64.5 Å². The minimum atomic E-state index is -0.0279. The summed E-state index contributed by atoms with van der Waals surface area (Å²) in [5.74, 6) is 2.47. The first kappa shape index (κ1) is 20.9. The van der Waals surface area contributed by atoms with Gasteiger partial charge in [-0.3, -0.25) is 0 Å². The maximum Gasteiger partial charge on any atom is 0.169 e. The average Bonchev–Trinajstić information content (AvgIpc) is 2.61. The van der Waals surface area contributed by atoms with Crippen LogP contribution in [-0.4, -0.2) is 25.4 Å². The van der Waals surface area contributed by atoms with Crippen molar-refractivity contribution in [3.63, 3.8) is 0 Å². The topological polar surface area (TPSA) is 47.9 Å². The first-order valence-corrected chi connectivity index (χ1v) is 9.49. The van der Waals surface area contributed by atoms with Gasteiger partial charge in [0.1, 0.15) is 0 Å². The zero-order valence-electron chi connectivity index (χ0n) is 17.7. The Balaban J connectivity index is 2.86. The molecule has 0 amide bonds. The number of phenols is 1. The lowest BCUT2D eigenvalue weighted by molar-refractivity contribution is 0.231. The van der Waals surface area contributed by atoms with Gasteiger partial charge < -0.3 is 19.3 Å². The molecule has 0 aliphatic carbocycles. The monoisotopic (exact) mass is 372 g/mol. The lowest BCUT2D eigenvalue weighted by atomic mass is 9.92. The quantitative estimate of drug-likeness (QED) is 0.637. The van der Waals surface area contributed by atoms with Gasteiger partial charge in [-0.25, -0.2) is 0 Å². The van der Waals surface area contributed by atoms with Gasteiger partial charge in [0.05, 0.1) is 20.3 Å². The molecule has 4 heteroatoms. The van der Waals surface area contributed by atoms with Crippen LogP contribution in [-0.2, 0) is 0 Å². The Kier molecular flexibility index (Phi) is 6.63. The third-order valence-corrected chi connectivity index (χ3v) is 4.59. The summed E-state index contributed by atoms with van der Waals surface area (Å²) in [4.78, 5) is 0. The van der Waals surface area contributed by atoms with Crippen molar-refractivity contribution in [2.24, 2.45) is 0 Å². The number of phenolic OH excluding ortho intramolecular Hbond substituents is 1. The number of rotatable bonds is 7. The fraction of sp³-hybridized carbons (Fsp3) is 0.478. The zero-order valence-corrected chi connectivity index (χ0v) is 17.7. The highest BCUT2D eigenvalue weighted by Gasteiger charge is 2.22. The molecule has 0 spiro atoms. The summed E-state index contributed by atoms with van der Waals surface area (Å²) in [6.45, 7) is 12.5. The summed E-state index contributed by atoms with van der Waals surface area (Å²) in [5.41, 5.74) is 3.70. The van der Waals surface area contributed by atoms with Crippen LogP contribution < -0.4 is 14.2 Å². The number of benzene rings is 2. The molecular weight excluding hydrogens is 340 g/mol. The molecule has 148 valence electrons. The van der Waals surface area contributed by atoms with Gasteiger partial charge in [-0.2, -0.15) is 0 Å². The Bertz CT molecular complexity index is 791. The van der Waals surface area contributed by atoms with Crippen LogP contribution in [0.4, 0.5) is 0 Å². The number of ether oxygens (including phenoxy) is 3. The second-order valence-corrected chi connectivity index (χ2v) is 7.70. The van der Waals surface area contributed by atoms with Crippen molar-refractivity contribution >= 4 is 0 Å². The smallest absolute Gasteiger partial charge is 0.169 e. The van der Waals surface area contributed by atoms with Crippen molar-refractivity contribution in [2.75, 3.05) is 14.2 Å². The van der Waals surface area contributed by atoms with Crippen LogP contribution in [0, 0.1) is 0 Å². The molecule has 0 radical (unpaired) electrons. The summed E-state index contributed by atoms with van der Waals surface area (Å²) in [6, 6.07) is 7.97. The highest BCUT2D eigenvalue weighted by atomic mass is 16.5. The van der Waals surface area contributed by atoms with E-state index >= 15 is 0 Å². The molecule has 0 aromatic heterocycles. The van der Waals surface area contributed by atoms with E-state index in [0.29, 0.717) is 34.6 Å². The van der Waals surface area contributed by atoms with E-state index in [1.165, 1.54) is 0 Å². The Morgan fingerprint density at radius 3 is 1.63 bits per heavy atom. The molecule has 4 nitrogen and oxygen atoms in total. The minimum absolute atomic E-state index is 0.0279. The highest BCUT2D eigenvalue weighted by molar-refractivity contribution is 5.81. The molecule has 0 fully saturated rings. The van der Waals surface area contributed by atoms with Gasteiger partial charge in [0.25, 0.3) is 0 Å². The van der Waals surface area contributed by atoms with Crippen molar-refractivity contribution in [1.29, 1.82) is 0 Å². The van der Waals surface area contributed by atoms with Crippen molar-refractivity contribution < 1.29 is 19.3 Å². The Labute approximate surface area is 163 Å². The molecule has 0 aliphatic heterocycles. The van der Waals surface area contributed by atoms with Gasteiger partial charge in [-0.15, -0.1) is 0 Å². The van der Waals surface area contributed by atoms with E-state index < -0.39 is 0 Å². The molecule has 2 aromatic carbocycles. The van der Waals surface area contributed by atoms with Gasteiger partial charge >= 0.3 is 0 Å². The predicted octanol–water partition coefficient (Wildman–Crippen LogP) is 6.11. The summed E-state index contributed by atoms with van der Waals surface area (Å²) in [7, 11) is 3.21. The SMILES string of the molecule is COc1cc(C(C)C)cc(-c2cc(C(C)C)cc(OC)c2OC(C)C)c1O.